The van der Waals surface area contributed by atoms with E-state index in [1.54, 1.807) is 0 Å². The molecule has 2 aromatic rings. The van der Waals surface area contributed by atoms with Crippen LogP contribution in [0.4, 0.5) is 0 Å². The van der Waals surface area contributed by atoms with Crippen molar-refractivity contribution in [2.24, 2.45) is 11.7 Å². The van der Waals surface area contributed by atoms with Gasteiger partial charge in [0.05, 0.1) is 10.3 Å². The Kier molecular flexibility index (Phi) is 4.61. The Labute approximate surface area is 157 Å². The molecule has 0 aliphatic carbocycles. The van der Waals surface area contributed by atoms with E-state index in [0.717, 1.165) is 50.0 Å². The minimum absolute atomic E-state index is 0.0218. The van der Waals surface area contributed by atoms with Crippen LogP contribution in [0.5, 0.6) is 0 Å². The van der Waals surface area contributed by atoms with Gasteiger partial charge in [-0.2, -0.15) is 0 Å². The number of aromatic nitrogens is 2. The summed E-state index contributed by atoms with van der Waals surface area (Å²) in [5, 5.41) is 0.631. The second-order valence-electron chi connectivity index (χ2n) is 7.68. The molecule has 2 atom stereocenters. The summed E-state index contributed by atoms with van der Waals surface area (Å²) in [5.74, 6) is 1.26. The fraction of sp³-hybridized carbons (Fsp3) is 0.632. The SMILES string of the molecule is Cc1c(C(=O)N2CC(CN)CC2C)sc2nc3n(c(=O)c12)CCCCC3. The summed E-state index contributed by atoms with van der Waals surface area (Å²) in [7, 11) is 0. The molecule has 7 heteroatoms. The Hall–Kier alpha value is -1.73. The van der Waals surface area contributed by atoms with Crippen LogP contribution in [0.2, 0.25) is 0 Å². The molecule has 2 aliphatic heterocycles. The van der Waals surface area contributed by atoms with Crippen molar-refractivity contribution in [2.75, 3.05) is 13.1 Å². The average molecular weight is 375 g/mol. The molecule has 0 aromatic carbocycles. The van der Waals surface area contributed by atoms with Gasteiger partial charge in [-0.15, -0.1) is 11.3 Å². The Morgan fingerprint density at radius 2 is 2.15 bits per heavy atom. The van der Waals surface area contributed by atoms with Gasteiger partial charge in [-0.25, -0.2) is 4.98 Å². The highest BCUT2D eigenvalue weighted by Crippen LogP contribution is 2.32. The zero-order valence-corrected chi connectivity index (χ0v) is 16.3. The van der Waals surface area contributed by atoms with Gasteiger partial charge in [-0.3, -0.25) is 14.2 Å². The monoisotopic (exact) mass is 374 g/mol. The van der Waals surface area contributed by atoms with Crippen LogP contribution in [0.15, 0.2) is 4.79 Å². The Bertz CT molecular complexity index is 916. The molecule has 2 N–H and O–H groups in total. The second kappa shape index (κ2) is 6.78. The number of rotatable bonds is 2. The van der Waals surface area contributed by atoms with Crippen molar-refractivity contribution in [3.8, 4) is 0 Å². The van der Waals surface area contributed by atoms with Gasteiger partial charge >= 0.3 is 0 Å². The van der Waals surface area contributed by atoms with E-state index in [4.69, 9.17) is 10.7 Å². The standard InChI is InChI=1S/C19H26N4O2S/c1-11-8-13(9-20)10-23(11)19(25)16-12(2)15-17(26-16)21-14-6-4-3-5-7-22(14)18(15)24/h11,13H,3-10,20H2,1-2H3. The van der Waals surface area contributed by atoms with E-state index in [-0.39, 0.29) is 17.5 Å². The van der Waals surface area contributed by atoms with Gasteiger partial charge in [0.1, 0.15) is 10.7 Å². The van der Waals surface area contributed by atoms with Crippen LogP contribution in [0.25, 0.3) is 10.2 Å². The Balaban J connectivity index is 1.78. The van der Waals surface area contributed by atoms with E-state index in [2.05, 4.69) is 6.92 Å². The quantitative estimate of drug-likeness (QED) is 0.874. The molecule has 0 bridgehead atoms. The molecular weight excluding hydrogens is 348 g/mol. The van der Waals surface area contributed by atoms with Crippen LogP contribution < -0.4 is 11.3 Å². The predicted molar refractivity (Wildman–Crippen MR) is 104 cm³/mol. The summed E-state index contributed by atoms with van der Waals surface area (Å²) in [6.45, 7) is 6.00. The Morgan fingerprint density at radius 1 is 1.35 bits per heavy atom. The molecule has 2 unspecified atom stereocenters. The smallest absolute Gasteiger partial charge is 0.264 e. The number of hydrogen-bond donors (Lipinski definition) is 1. The van der Waals surface area contributed by atoms with Gasteiger partial charge < -0.3 is 10.6 Å². The van der Waals surface area contributed by atoms with E-state index >= 15 is 0 Å². The van der Waals surface area contributed by atoms with Crippen LogP contribution in [0, 0.1) is 12.8 Å². The number of nitrogens with two attached hydrogens (primary N) is 1. The number of likely N-dealkylation sites (tertiary alicyclic amines) is 1. The van der Waals surface area contributed by atoms with E-state index < -0.39 is 0 Å². The summed E-state index contributed by atoms with van der Waals surface area (Å²) in [5.41, 5.74) is 6.61. The van der Waals surface area contributed by atoms with E-state index in [1.165, 1.54) is 11.3 Å². The number of carbonyl (C=O) groups excluding carboxylic acids is 1. The van der Waals surface area contributed by atoms with Gasteiger partial charge in [-0.1, -0.05) is 6.42 Å². The van der Waals surface area contributed by atoms with Crippen LogP contribution in [0.1, 0.15) is 53.7 Å². The summed E-state index contributed by atoms with van der Waals surface area (Å²) in [6, 6.07) is 0.187. The zero-order chi connectivity index (χ0) is 18.4. The summed E-state index contributed by atoms with van der Waals surface area (Å²) < 4.78 is 1.83. The van der Waals surface area contributed by atoms with Crippen molar-refractivity contribution in [1.82, 2.24) is 14.5 Å². The lowest BCUT2D eigenvalue weighted by Crippen LogP contribution is -2.34. The molecule has 4 heterocycles. The number of nitrogens with zero attached hydrogens (tertiary/aromatic N) is 3. The molecule has 4 rings (SSSR count). The Morgan fingerprint density at radius 3 is 2.88 bits per heavy atom. The van der Waals surface area contributed by atoms with Gasteiger partial charge in [0.15, 0.2) is 0 Å². The van der Waals surface area contributed by atoms with Crippen molar-refractivity contribution >= 4 is 27.5 Å². The molecule has 140 valence electrons. The van der Waals surface area contributed by atoms with Gasteiger partial charge in [-0.05, 0) is 51.1 Å². The second-order valence-corrected chi connectivity index (χ2v) is 8.67. The molecule has 1 fully saturated rings. The maximum absolute atomic E-state index is 13.2. The zero-order valence-electron chi connectivity index (χ0n) is 15.5. The van der Waals surface area contributed by atoms with Crippen molar-refractivity contribution in [1.29, 1.82) is 0 Å². The first-order chi connectivity index (χ1) is 12.5. The molecule has 26 heavy (non-hydrogen) atoms. The fourth-order valence-corrected chi connectivity index (χ4v) is 5.49. The van der Waals surface area contributed by atoms with Crippen LogP contribution in [-0.2, 0) is 13.0 Å². The van der Waals surface area contributed by atoms with Crippen LogP contribution >= 0.6 is 11.3 Å². The lowest BCUT2D eigenvalue weighted by molar-refractivity contribution is 0.0748. The van der Waals surface area contributed by atoms with E-state index in [0.29, 0.717) is 34.1 Å². The van der Waals surface area contributed by atoms with Gasteiger partial charge in [0, 0.05) is 25.6 Å². The topological polar surface area (TPSA) is 81.2 Å². The molecule has 6 nitrogen and oxygen atoms in total. The third-order valence-electron chi connectivity index (χ3n) is 5.86. The summed E-state index contributed by atoms with van der Waals surface area (Å²) in [6.07, 6.45) is 5.00. The third kappa shape index (κ3) is 2.77. The van der Waals surface area contributed by atoms with Crippen molar-refractivity contribution in [3.63, 3.8) is 0 Å². The normalized spacial score (nSPS) is 23.3. The molecule has 1 amide bonds. The molecule has 0 spiro atoms. The number of hydrogen-bond acceptors (Lipinski definition) is 5. The number of thiophene rings is 1. The van der Waals surface area contributed by atoms with Gasteiger partial charge in [0.2, 0.25) is 0 Å². The van der Waals surface area contributed by atoms with Crippen molar-refractivity contribution in [2.45, 2.75) is 58.5 Å². The predicted octanol–water partition coefficient (Wildman–Crippen LogP) is 2.30. The van der Waals surface area contributed by atoms with E-state index in [1.807, 2.05) is 16.4 Å². The molecular formula is C19H26N4O2S. The lowest BCUT2D eigenvalue weighted by Gasteiger charge is -2.21. The maximum Gasteiger partial charge on any atom is 0.264 e. The molecule has 0 radical (unpaired) electrons. The van der Waals surface area contributed by atoms with E-state index in [9.17, 15) is 9.59 Å². The first-order valence-electron chi connectivity index (χ1n) is 9.55. The van der Waals surface area contributed by atoms with Crippen LogP contribution in [0.3, 0.4) is 0 Å². The number of carbonyl (C=O) groups is 1. The lowest BCUT2D eigenvalue weighted by atomic mass is 10.1. The van der Waals surface area contributed by atoms with Crippen molar-refractivity contribution < 1.29 is 4.79 Å². The number of amides is 1. The minimum Gasteiger partial charge on any atom is -0.335 e. The largest absolute Gasteiger partial charge is 0.335 e. The maximum atomic E-state index is 13.2. The van der Waals surface area contributed by atoms with Crippen LogP contribution in [-0.4, -0.2) is 39.5 Å². The van der Waals surface area contributed by atoms with Crippen molar-refractivity contribution in [3.05, 3.63) is 26.6 Å². The molecule has 0 saturated carbocycles. The highest BCUT2D eigenvalue weighted by atomic mass is 32.1. The molecule has 1 saturated heterocycles. The highest BCUT2D eigenvalue weighted by Gasteiger charge is 2.34. The number of fused-ring (bicyclic) bond motifs is 2. The summed E-state index contributed by atoms with van der Waals surface area (Å²) in [4.78, 5) is 34.3. The first-order valence-corrected chi connectivity index (χ1v) is 10.4. The highest BCUT2D eigenvalue weighted by molar-refractivity contribution is 7.20. The van der Waals surface area contributed by atoms with Gasteiger partial charge in [0.25, 0.3) is 11.5 Å². The third-order valence-corrected chi connectivity index (χ3v) is 7.04. The minimum atomic E-state index is 0.0218. The summed E-state index contributed by atoms with van der Waals surface area (Å²) >= 11 is 1.38. The molecule has 2 aliphatic rings. The number of aryl methyl sites for hydroxylation is 2. The fourth-order valence-electron chi connectivity index (χ4n) is 4.34. The average Bonchev–Trinajstić information content (AvgIpc) is 3.05. The first kappa shape index (κ1) is 17.7. The molecule has 2 aromatic heterocycles.